The van der Waals surface area contributed by atoms with E-state index in [1.807, 2.05) is 0 Å². The summed E-state index contributed by atoms with van der Waals surface area (Å²) in [5.74, 6) is 0.0317. The molecule has 0 bridgehead atoms. The zero-order chi connectivity index (χ0) is 20.6. The Labute approximate surface area is 169 Å². The van der Waals surface area contributed by atoms with Crippen LogP contribution in [0, 0.1) is 11.7 Å². The molecular weight excluding hydrogens is 375 g/mol. The fourth-order valence-corrected chi connectivity index (χ4v) is 3.32. The topological polar surface area (TPSA) is 76.7 Å². The molecule has 0 saturated heterocycles. The molecule has 0 heterocycles. The molecule has 0 unspecified atom stereocenters. The third kappa shape index (κ3) is 5.94. The molecule has 0 radical (unpaired) electrons. The van der Waals surface area contributed by atoms with Gasteiger partial charge in [0.15, 0.2) is 6.61 Å². The predicted molar refractivity (Wildman–Crippen MR) is 109 cm³/mol. The van der Waals surface area contributed by atoms with E-state index in [9.17, 15) is 14.0 Å². The maximum Gasteiger partial charge on any atom is 0.262 e. The number of hydrogen-bond donors (Lipinski definition) is 2. The highest BCUT2D eigenvalue weighted by molar-refractivity contribution is 5.95. The van der Waals surface area contributed by atoms with E-state index in [4.69, 9.17) is 9.47 Å². The van der Waals surface area contributed by atoms with E-state index in [2.05, 4.69) is 10.6 Å². The number of nitrogens with one attached hydrogen (secondary N) is 2. The molecule has 29 heavy (non-hydrogen) atoms. The summed E-state index contributed by atoms with van der Waals surface area (Å²) in [6.45, 7) is -0.201. The Morgan fingerprint density at radius 3 is 2.38 bits per heavy atom. The van der Waals surface area contributed by atoms with Crippen LogP contribution >= 0.6 is 0 Å². The van der Waals surface area contributed by atoms with Crippen LogP contribution in [0.3, 0.4) is 0 Å². The third-order valence-corrected chi connectivity index (χ3v) is 4.91. The fraction of sp³-hybridized carbons (Fsp3) is 0.364. The van der Waals surface area contributed by atoms with E-state index >= 15 is 0 Å². The summed E-state index contributed by atoms with van der Waals surface area (Å²) < 4.78 is 24.6. The van der Waals surface area contributed by atoms with Crippen molar-refractivity contribution in [3.05, 3.63) is 48.3 Å². The molecule has 1 aliphatic rings. The van der Waals surface area contributed by atoms with Crippen LogP contribution in [0.5, 0.6) is 11.5 Å². The van der Waals surface area contributed by atoms with Gasteiger partial charge in [0.25, 0.3) is 5.91 Å². The van der Waals surface area contributed by atoms with E-state index in [-0.39, 0.29) is 24.1 Å². The fourth-order valence-electron chi connectivity index (χ4n) is 3.32. The second-order valence-corrected chi connectivity index (χ2v) is 7.03. The highest BCUT2D eigenvalue weighted by Gasteiger charge is 2.22. The molecule has 2 amide bonds. The monoisotopic (exact) mass is 400 g/mol. The number of anilines is 2. The maximum absolute atomic E-state index is 14.1. The van der Waals surface area contributed by atoms with Crippen LogP contribution in [0.25, 0.3) is 0 Å². The third-order valence-electron chi connectivity index (χ3n) is 4.91. The average Bonchev–Trinajstić information content (AvgIpc) is 2.75. The second-order valence-electron chi connectivity index (χ2n) is 7.03. The van der Waals surface area contributed by atoms with Gasteiger partial charge in [0.1, 0.15) is 17.3 Å². The van der Waals surface area contributed by atoms with Crippen molar-refractivity contribution in [2.24, 2.45) is 5.92 Å². The van der Waals surface area contributed by atoms with Crippen LogP contribution in [0.1, 0.15) is 32.1 Å². The highest BCUT2D eigenvalue weighted by atomic mass is 19.1. The first-order valence-corrected chi connectivity index (χ1v) is 9.72. The van der Waals surface area contributed by atoms with Crippen LogP contribution in [0.4, 0.5) is 15.8 Å². The second kappa shape index (κ2) is 9.91. The van der Waals surface area contributed by atoms with E-state index in [1.54, 1.807) is 31.4 Å². The Morgan fingerprint density at radius 2 is 1.69 bits per heavy atom. The molecule has 1 saturated carbocycles. The van der Waals surface area contributed by atoms with Gasteiger partial charge >= 0.3 is 0 Å². The first kappa shape index (κ1) is 20.6. The Kier molecular flexibility index (Phi) is 7.05. The summed E-state index contributed by atoms with van der Waals surface area (Å²) in [4.78, 5) is 24.5. The van der Waals surface area contributed by atoms with Crippen LogP contribution in [0.2, 0.25) is 0 Å². The average molecular weight is 400 g/mol. The molecule has 7 heteroatoms. The number of amides is 2. The van der Waals surface area contributed by atoms with Gasteiger partial charge in [0, 0.05) is 11.6 Å². The van der Waals surface area contributed by atoms with Crippen molar-refractivity contribution in [3.8, 4) is 11.5 Å². The lowest BCUT2D eigenvalue weighted by molar-refractivity contribution is -0.120. The Morgan fingerprint density at radius 1 is 1.00 bits per heavy atom. The van der Waals surface area contributed by atoms with Gasteiger partial charge in [-0.1, -0.05) is 19.3 Å². The number of carbonyl (C=O) groups excluding carboxylic acids is 2. The molecule has 2 N–H and O–H groups in total. The van der Waals surface area contributed by atoms with Gasteiger partial charge in [-0.2, -0.15) is 0 Å². The lowest BCUT2D eigenvalue weighted by atomic mass is 9.88. The first-order valence-electron chi connectivity index (χ1n) is 9.72. The largest absolute Gasteiger partial charge is 0.497 e. The molecule has 1 aliphatic carbocycles. The van der Waals surface area contributed by atoms with E-state index in [0.29, 0.717) is 17.2 Å². The molecule has 0 atom stereocenters. The van der Waals surface area contributed by atoms with Gasteiger partial charge in [-0.25, -0.2) is 4.39 Å². The number of halogens is 1. The highest BCUT2D eigenvalue weighted by Crippen LogP contribution is 2.26. The van der Waals surface area contributed by atoms with E-state index in [1.165, 1.54) is 18.2 Å². The maximum atomic E-state index is 14.1. The molecule has 0 aliphatic heterocycles. The van der Waals surface area contributed by atoms with Crippen molar-refractivity contribution in [3.63, 3.8) is 0 Å². The molecule has 2 aromatic rings. The molecule has 3 rings (SSSR count). The van der Waals surface area contributed by atoms with Gasteiger partial charge in [-0.15, -0.1) is 0 Å². The molecule has 2 aromatic carbocycles. The minimum absolute atomic E-state index is 0.0643. The minimum atomic E-state index is -0.540. The summed E-state index contributed by atoms with van der Waals surface area (Å²) in [7, 11) is 1.57. The number of benzene rings is 2. The van der Waals surface area contributed by atoms with Gasteiger partial charge in [-0.3, -0.25) is 9.59 Å². The standard InChI is InChI=1S/C22H25FN2O4/c1-28-17-8-10-18(11-9-17)29-14-21(26)24-16-7-12-19(23)20(13-16)25-22(27)15-5-3-2-4-6-15/h7-13,15H,2-6,14H2,1H3,(H,24,26)(H,25,27). The Balaban J connectivity index is 1.55. The molecule has 0 spiro atoms. The lowest BCUT2D eigenvalue weighted by Gasteiger charge is -2.21. The van der Waals surface area contributed by atoms with Crippen molar-refractivity contribution in [1.29, 1.82) is 0 Å². The number of hydrogen-bond acceptors (Lipinski definition) is 4. The van der Waals surface area contributed by atoms with E-state index in [0.717, 1.165) is 32.1 Å². The molecular formula is C22H25FN2O4. The number of rotatable bonds is 7. The van der Waals surface area contributed by atoms with Gasteiger partial charge in [0.05, 0.1) is 12.8 Å². The van der Waals surface area contributed by atoms with Gasteiger partial charge in [0.2, 0.25) is 5.91 Å². The first-order chi connectivity index (χ1) is 14.0. The summed E-state index contributed by atoms with van der Waals surface area (Å²) in [6.07, 6.45) is 4.83. The minimum Gasteiger partial charge on any atom is -0.497 e. The SMILES string of the molecule is COc1ccc(OCC(=O)Nc2ccc(F)c(NC(=O)C3CCCCC3)c2)cc1. The predicted octanol–water partition coefficient (Wildman–Crippen LogP) is 4.37. The van der Waals surface area contributed by atoms with Crippen molar-refractivity contribution < 1.29 is 23.5 Å². The lowest BCUT2D eigenvalue weighted by Crippen LogP contribution is -2.25. The van der Waals surface area contributed by atoms with Crippen LogP contribution in [-0.2, 0) is 9.59 Å². The Hall–Kier alpha value is -3.09. The molecule has 1 fully saturated rings. The van der Waals surface area contributed by atoms with Crippen molar-refractivity contribution in [2.45, 2.75) is 32.1 Å². The summed E-state index contributed by atoms with van der Waals surface area (Å²) >= 11 is 0. The summed E-state index contributed by atoms with van der Waals surface area (Å²) in [5.41, 5.74) is 0.447. The van der Waals surface area contributed by atoms with Crippen LogP contribution in [-0.4, -0.2) is 25.5 Å². The van der Waals surface area contributed by atoms with E-state index < -0.39 is 11.7 Å². The Bertz CT molecular complexity index is 848. The molecule has 154 valence electrons. The quantitative estimate of drug-likeness (QED) is 0.724. The zero-order valence-electron chi connectivity index (χ0n) is 16.4. The summed E-state index contributed by atoms with van der Waals surface area (Å²) in [5, 5.41) is 5.30. The van der Waals surface area contributed by atoms with Crippen molar-refractivity contribution >= 4 is 23.2 Å². The zero-order valence-corrected chi connectivity index (χ0v) is 16.4. The van der Waals surface area contributed by atoms with Gasteiger partial charge in [-0.05, 0) is 55.3 Å². The number of methoxy groups -OCH3 is 1. The van der Waals surface area contributed by atoms with Crippen LogP contribution < -0.4 is 20.1 Å². The normalized spacial score (nSPS) is 14.1. The smallest absolute Gasteiger partial charge is 0.262 e. The van der Waals surface area contributed by atoms with Gasteiger partial charge < -0.3 is 20.1 Å². The van der Waals surface area contributed by atoms with Crippen molar-refractivity contribution in [1.82, 2.24) is 0 Å². The number of carbonyl (C=O) groups is 2. The molecule has 6 nitrogen and oxygen atoms in total. The number of ether oxygens (including phenoxy) is 2. The van der Waals surface area contributed by atoms with Crippen LogP contribution in [0.15, 0.2) is 42.5 Å². The molecule has 0 aromatic heterocycles. The van der Waals surface area contributed by atoms with Crippen molar-refractivity contribution in [2.75, 3.05) is 24.4 Å². The summed E-state index contributed by atoms with van der Waals surface area (Å²) in [6, 6.07) is 10.9.